The smallest absolute Gasteiger partial charge is 0.242 e. The number of nitriles is 1. The Hall–Kier alpha value is -1.08. The lowest BCUT2D eigenvalue weighted by Gasteiger charge is -2.26. The second-order valence-corrected chi connectivity index (χ2v) is 5.34. The van der Waals surface area contributed by atoms with Crippen LogP contribution in [0.25, 0.3) is 0 Å². The highest BCUT2D eigenvalue weighted by Gasteiger charge is 2.32. The van der Waals surface area contributed by atoms with E-state index in [-0.39, 0.29) is 5.91 Å². The molecule has 0 radical (unpaired) electrons. The van der Waals surface area contributed by atoms with Gasteiger partial charge in [-0.3, -0.25) is 4.79 Å². The largest absolute Gasteiger partial charge is 0.344 e. The standard InChI is InChI=1S/C12H21N3O/c1-12(2,9-13)11(16)15(4)8-10-5-6-14(3)7-10/h10H,5-8H2,1-4H3. The van der Waals surface area contributed by atoms with Gasteiger partial charge in [0.25, 0.3) is 0 Å². The molecular weight excluding hydrogens is 202 g/mol. The Balaban J connectivity index is 2.50. The Labute approximate surface area is 97.8 Å². The topological polar surface area (TPSA) is 47.3 Å². The van der Waals surface area contributed by atoms with E-state index in [4.69, 9.17) is 5.26 Å². The van der Waals surface area contributed by atoms with Crippen LogP contribution in [-0.2, 0) is 4.79 Å². The number of likely N-dealkylation sites (tertiary alicyclic amines) is 1. The fourth-order valence-electron chi connectivity index (χ4n) is 2.17. The van der Waals surface area contributed by atoms with Crippen molar-refractivity contribution in [1.29, 1.82) is 5.26 Å². The van der Waals surface area contributed by atoms with Crippen LogP contribution >= 0.6 is 0 Å². The molecule has 1 aliphatic heterocycles. The van der Waals surface area contributed by atoms with Crippen molar-refractivity contribution in [3.63, 3.8) is 0 Å². The van der Waals surface area contributed by atoms with Crippen molar-refractivity contribution in [2.45, 2.75) is 20.3 Å². The van der Waals surface area contributed by atoms with Crippen molar-refractivity contribution < 1.29 is 4.79 Å². The Bertz CT molecular complexity index is 306. The molecule has 1 saturated heterocycles. The summed E-state index contributed by atoms with van der Waals surface area (Å²) in [5, 5.41) is 8.91. The van der Waals surface area contributed by atoms with Gasteiger partial charge in [0.2, 0.25) is 5.91 Å². The molecule has 16 heavy (non-hydrogen) atoms. The molecule has 1 fully saturated rings. The number of hydrogen-bond acceptors (Lipinski definition) is 3. The summed E-state index contributed by atoms with van der Waals surface area (Å²) in [6.07, 6.45) is 1.14. The normalized spacial score (nSPS) is 21.8. The lowest BCUT2D eigenvalue weighted by molar-refractivity contribution is -0.136. The summed E-state index contributed by atoms with van der Waals surface area (Å²) in [6, 6.07) is 2.05. The number of nitrogens with zero attached hydrogens (tertiary/aromatic N) is 3. The van der Waals surface area contributed by atoms with Crippen molar-refractivity contribution in [3.05, 3.63) is 0 Å². The maximum atomic E-state index is 12.0. The summed E-state index contributed by atoms with van der Waals surface area (Å²) in [6.45, 7) is 6.26. The van der Waals surface area contributed by atoms with Crippen LogP contribution in [0.15, 0.2) is 0 Å². The number of hydrogen-bond donors (Lipinski definition) is 0. The van der Waals surface area contributed by atoms with E-state index in [1.165, 1.54) is 0 Å². The van der Waals surface area contributed by atoms with E-state index in [1.807, 2.05) is 0 Å². The third kappa shape index (κ3) is 2.96. The van der Waals surface area contributed by atoms with Gasteiger partial charge in [0, 0.05) is 20.1 Å². The highest BCUT2D eigenvalue weighted by atomic mass is 16.2. The van der Waals surface area contributed by atoms with E-state index >= 15 is 0 Å². The van der Waals surface area contributed by atoms with Crippen molar-refractivity contribution >= 4 is 5.91 Å². The quantitative estimate of drug-likeness (QED) is 0.715. The SMILES string of the molecule is CN1CCC(CN(C)C(=O)C(C)(C)C#N)C1. The molecule has 1 aliphatic rings. The molecule has 1 unspecified atom stereocenters. The minimum atomic E-state index is -0.904. The summed E-state index contributed by atoms with van der Waals surface area (Å²) in [5.74, 6) is 0.470. The third-order valence-electron chi connectivity index (χ3n) is 3.18. The Morgan fingerprint density at radius 2 is 2.25 bits per heavy atom. The minimum Gasteiger partial charge on any atom is -0.344 e. The predicted octanol–water partition coefficient (Wildman–Crippen LogP) is 0.946. The average molecular weight is 223 g/mol. The molecule has 1 amide bonds. The van der Waals surface area contributed by atoms with Gasteiger partial charge in [0.05, 0.1) is 6.07 Å². The van der Waals surface area contributed by atoms with Crippen molar-refractivity contribution in [2.24, 2.45) is 11.3 Å². The molecule has 4 heteroatoms. The molecular formula is C12H21N3O. The van der Waals surface area contributed by atoms with E-state index in [9.17, 15) is 4.79 Å². The van der Waals surface area contributed by atoms with Gasteiger partial charge in [0.1, 0.15) is 5.41 Å². The number of amides is 1. The van der Waals surface area contributed by atoms with Gasteiger partial charge in [-0.05, 0) is 39.8 Å². The van der Waals surface area contributed by atoms with Gasteiger partial charge in [0.15, 0.2) is 0 Å². The Kier molecular flexibility index (Phi) is 3.93. The van der Waals surface area contributed by atoms with Crippen LogP contribution in [0.4, 0.5) is 0 Å². The first-order chi connectivity index (χ1) is 7.36. The van der Waals surface area contributed by atoms with Gasteiger partial charge in [-0.2, -0.15) is 5.26 Å². The highest BCUT2D eigenvalue weighted by molar-refractivity contribution is 5.84. The Morgan fingerprint density at radius 3 is 2.69 bits per heavy atom. The van der Waals surface area contributed by atoms with Crippen LogP contribution in [0.3, 0.4) is 0 Å². The first kappa shape index (κ1) is 13.0. The van der Waals surface area contributed by atoms with Crippen LogP contribution in [0.5, 0.6) is 0 Å². The van der Waals surface area contributed by atoms with Gasteiger partial charge in [-0.15, -0.1) is 0 Å². The number of rotatable bonds is 3. The fraction of sp³-hybridized carbons (Fsp3) is 0.833. The molecule has 0 aromatic rings. The van der Waals surface area contributed by atoms with Crippen LogP contribution in [0, 0.1) is 22.7 Å². The van der Waals surface area contributed by atoms with E-state index in [2.05, 4.69) is 18.0 Å². The zero-order valence-electron chi connectivity index (χ0n) is 10.7. The zero-order chi connectivity index (χ0) is 12.3. The molecule has 1 rings (SSSR count). The van der Waals surface area contributed by atoms with Gasteiger partial charge >= 0.3 is 0 Å². The summed E-state index contributed by atoms with van der Waals surface area (Å²) >= 11 is 0. The summed E-state index contributed by atoms with van der Waals surface area (Å²) in [4.78, 5) is 15.9. The summed E-state index contributed by atoms with van der Waals surface area (Å²) in [7, 11) is 3.89. The lowest BCUT2D eigenvalue weighted by atomic mass is 9.93. The van der Waals surface area contributed by atoms with Crippen molar-refractivity contribution in [1.82, 2.24) is 9.80 Å². The van der Waals surface area contributed by atoms with Crippen molar-refractivity contribution in [3.8, 4) is 6.07 Å². The van der Waals surface area contributed by atoms with Gasteiger partial charge < -0.3 is 9.80 Å². The lowest BCUT2D eigenvalue weighted by Crippen LogP contribution is -2.40. The van der Waals surface area contributed by atoms with Crippen molar-refractivity contribution in [2.75, 3.05) is 33.7 Å². The van der Waals surface area contributed by atoms with Crippen LogP contribution in [-0.4, -0.2) is 49.4 Å². The minimum absolute atomic E-state index is 0.0791. The zero-order valence-corrected chi connectivity index (χ0v) is 10.7. The van der Waals surface area contributed by atoms with Crippen LogP contribution < -0.4 is 0 Å². The molecule has 0 spiro atoms. The fourth-order valence-corrected chi connectivity index (χ4v) is 2.17. The second kappa shape index (κ2) is 4.84. The molecule has 4 nitrogen and oxygen atoms in total. The van der Waals surface area contributed by atoms with Gasteiger partial charge in [-0.25, -0.2) is 0 Å². The summed E-state index contributed by atoms with van der Waals surface area (Å²) < 4.78 is 0. The van der Waals surface area contributed by atoms with E-state index in [0.717, 1.165) is 26.1 Å². The van der Waals surface area contributed by atoms with E-state index < -0.39 is 5.41 Å². The molecule has 0 aromatic carbocycles. The number of carbonyl (C=O) groups is 1. The molecule has 1 heterocycles. The maximum absolute atomic E-state index is 12.0. The summed E-state index contributed by atoms with van der Waals surface area (Å²) in [5.41, 5.74) is -0.904. The molecule has 1 atom stereocenters. The predicted molar refractivity (Wildman–Crippen MR) is 62.6 cm³/mol. The molecule has 0 N–H and O–H groups in total. The molecule has 0 aromatic heterocycles. The number of carbonyl (C=O) groups excluding carboxylic acids is 1. The second-order valence-electron chi connectivity index (χ2n) is 5.34. The van der Waals surface area contributed by atoms with E-state index in [1.54, 1.807) is 25.8 Å². The molecule has 0 saturated carbocycles. The first-order valence-corrected chi connectivity index (χ1v) is 5.72. The van der Waals surface area contributed by atoms with E-state index in [0.29, 0.717) is 5.92 Å². The highest BCUT2D eigenvalue weighted by Crippen LogP contribution is 2.20. The monoisotopic (exact) mass is 223 g/mol. The van der Waals surface area contributed by atoms with Gasteiger partial charge in [-0.1, -0.05) is 0 Å². The molecule has 90 valence electrons. The Morgan fingerprint density at radius 1 is 1.62 bits per heavy atom. The average Bonchev–Trinajstić information content (AvgIpc) is 2.62. The molecule has 0 bridgehead atoms. The third-order valence-corrected chi connectivity index (χ3v) is 3.18. The maximum Gasteiger partial charge on any atom is 0.242 e. The molecule has 0 aliphatic carbocycles. The van der Waals surface area contributed by atoms with Crippen LogP contribution in [0.1, 0.15) is 20.3 Å². The van der Waals surface area contributed by atoms with Crippen LogP contribution in [0.2, 0.25) is 0 Å². The first-order valence-electron chi connectivity index (χ1n) is 5.72.